The number of hydrogen-bond donors (Lipinski definition) is 0. The molecule has 0 N–H and O–H groups in total. The first-order chi connectivity index (χ1) is 10.2. The molecule has 112 valence electrons. The maximum atomic E-state index is 12.5. The average molecular weight is 325 g/mol. The van der Waals surface area contributed by atoms with Gasteiger partial charge in [-0.1, -0.05) is 6.07 Å². The second-order valence-electron chi connectivity index (χ2n) is 4.72. The second kappa shape index (κ2) is 6.08. The molecule has 6 nitrogen and oxygen atoms in total. The Morgan fingerprint density at radius 1 is 1.38 bits per heavy atom. The highest BCUT2D eigenvalue weighted by atomic mass is 32.2. The lowest BCUT2D eigenvalue weighted by Gasteiger charge is -2.31. The molecule has 1 atom stereocenters. The van der Waals surface area contributed by atoms with E-state index in [0.29, 0.717) is 23.2 Å². The van der Waals surface area contributed by atoms with E-state index in [2.05, 4.69) is 9.97 Å². The third kappa shape index (κ3) is 3.22. The highest BCUT2D eigenvalue weighted by molar-refractivity contribution is 7.91. The van der Waals surface area contributed by atoms with Gasteiger partial charge >= 0.3 is 0 Å². The number of nitrogens with zero attached hydrogens (tertiary/aromatic N) is 3. The molecule has 0 radical (unpaired) electrons. The van der Waals surface area contributed by atoms with Crippen LogP contribution in [-0.2, 0) is 10.0 Å². The lowest BCUT2D eigenvalue weighted by Crippen LogP contribution is -2.44. The van der Waals surface area contributed by atoms with Crippen LogP contribution in [0.1, 0.15) is 12.8 Å². The molecule has 21 heavy (non-hydrogen) atoms. The highest BCUT2D eigenvalue weighted by Gasteiger charge is 2.31. The summed E-state index contributed by atoms with van der Waals surface area (Å²) in [5, 5.41) is 1.77. The number of sulfonamides is 1. The van der Waals surface area contributed by atoms with E-state index in [4.69, 9.17) is 4.74 Å². The quantitative estimate of drug-likeness (QED) is 0.856. The van der Waals surface area contributed by atoms with Gasteiger partial charge in [-0.2, -0.15) is 4.31 Å². The van der Waals surface area contributed by atoms with Crippen LogP contribution in [0.25, 0.3) is 0 Å². The minimum atomic E-state index is -3.41. The lowest BCUT2D eigenvalue weighted by atomic mass is 10.1. The topological polar surface area (TPSA) is 72.4 Å². The summed E-state index contributed by atoms with van der Waals surface area (Å²) < 4.78 is 32.6. The minimum absolute atomic E-state index is 0.190. The van der Waals surface area contributed by atoms with Crippen molar-refractivity contribution in [3.05, 3.63) is 36.1 Å². The Bertz CT molecular complexity index is 674. The molecule has 1 fully saturated rings. The van der Waals surface area contributed by atoms with Gasteiger partial charge in [0.2, 0.25) is 5.88 Å². The van der Waals surface area contributed by atoms with E-state index in [-0.39, 0.29) is 6.10 Å². The number of hydrogen-bond acceptors (Lipinski definition) is 6. The summed E-state index contributed by atoms with van der Waals surface area (Å²) in [6.07, 6.45) is 6.06. The maximum absolute atomic E-state index is 12.5. The van der Waals surface area contributed by atoms with Crippen LogP contribution in [0, 0.1) is 0 Å². The molecular formula is C13H15N3O3S2. The number of rotatable bonds is 4. The maximum Gasteiger partial charge on any atom is 0.252 e. The van der Waals surface area contributed by atoms with Gasteiger partial charge in [-0.05, 0) is 24.3 Å². The number of piperidine rings is 1. The summed E-state index contributed by atoms with van der Waals surface area (Å²) in [4.78, 5) is 8.00. The van der Waals surface area contributed by atoms with Crippen LogP contribution in [0.2, 0.25) is 0 Å². The molecule has 1 aliphatic heterocycles. The normalized spacial score (nSPS) is 20.3. The third-order valence-electron chi connectivity index (χ3n) is 3.26. The molecule has 0 amide bonds. The first kappa shape index (κ1) is 14.4. The van der Waals surface area contributed by atoms with Gasteiger partial charge in [0.25, 0.3) is 10.0 Å². The minimum Gasteiger partial charge on any atom is -0.472 e. The average Bonchev–Trinajstić information content (AvgIpc) is 3.04. The zero-order valence-corrected chi connectivity index (χ0v) is 12.9. The van der Waals surface area contributed by atoms with Gasteiger partial charge < -0.3 is 4.74 Å². The molecule has 0 bridgehead atoms. The molecule has 0 aliphatic carbocycles. The predicted octanol–water partition coefficient (Wildman–Crippen LogP) is 1.77. The van der Waals surface area contributed by atoms with E-state index >= 15 is 0 Å². The number of thiophene rings is 1. The molecule has 1 saturated heterocycles. The van der Waals surface area contributed by atoms with Gasteiger partial charge in [-0.15, -0.1) is 11.3 Å². The van der Waals surface area contributed by atoms with Crippen LogP contribution in [0.15, 0.2) is 40.3 Å². The molecule has 8 heteroatoms. The van der Waals surface area contributed by atoms with E-state index in [1.165, 1.54) is 21.8 Å². The third-order valence-corrected chi connectivity index (χ3v) is 6.50. The van der Waals surface area contributed by atoms with Crippen LogP contribution in [0.3, 0.4) is 0 Å². The fourth-order valence-electron chi connectivity index (χ4n) is 2.27. The van der Waals surface area contributed by atoms with E-state index in [0.717, 1.165) is 12.8 Å². The molecule has 0 unspecified atom stereocenters. The van der Waals surface area contributed by atoms with Gasteiger partial charge in [-0.25, -0.2) is 13.4 Å². The number of ether oxygens (including phenoxy) is 1. The summed E-state index contributed by atoms with van der Waals surface area (Å²) in [5.41, 5.74) is 0. The van der Waals surface area contributed by atoms with Crippen molar-refractivity contribution in [1.29, 1.82) is 0 Å². The zero-order valence-electron chi connectivity index (χ0n) is 11.3. The smallest absolute Gasteiger partial charge is 0.252 e. The van der Waals surface area contributed by atoms with Crippen LogP contribution in [-0.4, -0.2) is 41.9 Å². The Hall–Kier alpha value is -1.51. The summed E-state index contributed by atoms with van der Waals surface area (Å²) in [5.74, 6) is 0.429. The monoisotopic (exact) mass is 325 g/mol. The Kier molecular flexibility index (Phi) is 4.18. The van der Waals surface area contributed by atoms with E-state index in [9.17, 15) is 8.42 Å². The fourth-order valence-corrected chi connectivity index (χ4v) is 4.93. The van der Waals surface area contributed by atoms with Gasteiger partial charge in [0.1, 0.15) is 10.3 Å². The summed E-state index contributed by atoms with van der Waals surface area (Å²) >= 11 is 1.24. The van der Waals surface area contributed by atoms with Crippen molar-refractivity contribution in [2.45, 2.75) is 23.2 Å². The molecule has 0 aromatic carbocycles. The first-order valence-corrected chi connectivity index (χ1v) is 8.94. The standard InChI is InChI=1S/C13H15N3O3S2/c17-21(18,13-4-2-8-20-13)16-7-1-3-11(10-16)19-12-9-14-5-6-15-12/h2,4-6,8-9,11H,1,3,7,10H2/t11-/m0/s1. The van der Waals surface area contributed by atoms with Gasteiger partial charge in [0.05, 0.1) is 12.7 Å². The van der Waals surface area contributed by atoms with Crippen molar-refractivity contribution < 1.29 is 13.2 Å². The van der Waals surface area contributed by atoms with Crippen molar-refractivity contribution in [2.24, 2.45) is 0 Å². The predicted molar refractivity (Wildman–Crippen MR) is 78.8 cm³/mol. The Labute approximate surface area is 127 Å². The summed E-state index contributed by atoms with van der Waals surface area (Å²) in [6.45, 7) is 0.872. The second-order valence-corrected chi connectivity index (χ2v) is 7.83. The molecule has 0 spiro atoms. The summed E-state index contributed by atoms with van der Waals surface area (Å²) in [6, 6.07) is 3.38. The largest absolute Gasteiger partial charge is 0.472 e. The Morgan fingerprint density at radius 2 is 2.29 bits per heavy atom. The van der Waals surface area contributed by atoms with Crippen molar-refractivity contribution in [3.8, 4) is 5.88 Å². The van der Waals surface area contributed by atoms with Crippen molar-refractivity contribution in [3.63, 3.8) is 0 Å². The van der Waals surface area contributed by atoms with Crippen molar-refractivity contribution in [1.82, 2.24) is 14.3 Å². The molecular weight excluding hydrogens is 310 g/mol. The SMILES string of the molecule is O=S(=O)(c1cccs1)N1CCC[C@H](Oc2cnccn2)C1. The fraction of sp³-hybridized carbons (Fsp3) is 0.385. The van der Waals surface area contributed by atoms with Crippen LogP contribution < -0.4 is 4.74 Å². The van der Waals surface area contributed by atoms with Gasteiger partial charge in [-0.3, -0.25) is 4.98 Å². The van der Waals surface area contributed by atoms with E-state index in [1.807, 2.05) is 0 Å². The molecule has 1 aliphatic rings. The van der Waals surface area contributed by atoms with E-state index < -0.39 is 10.0 Å². The molecule has 0 saturated carbocycles. The van der Waals surface area contributed by atoms with E-state index in [1.54, 1.807) is 29.9 Å². The zero-order chi connectivity index (χ0) is 14.7. The molecule has 3 rings (SSSR count). The molecule has 3 heterocycles. The number of aromatic nitrogens is 2. The Morgan fingerprint density at radius 3 is 3.00 bits per heavy atom. The highest BCUT2D eigenvalue weighted by Crippen LogP contribution is 2.25. The van der Waals surface area contributed by atoms with Crippen molar-refractivity contribution >= 4 is 21.4 Å². The molecule has 2 aromatic heterocycles. The molecule has 2 aromatic rings. The summed E-state index contributed by atoms with van der Waals surface area (Å²) in [7, 11) is -3.41. The van der Waals surface area contributed by atoms with Crippen LogP contribution >= 0.6 is 11.3 Å². The van der Waals surface area contributed by atoms with Crippen LogP contribution in [0.5, 0.6) is 5.88 Å². The van der Waals surface area contributed by atoms with Gasteiger partial charge in [0, 0.05) is 18.9 Å². The van der Waals surface area contributed by atoms with Crippen LogP contribution in [0.4, 0.5) is 0 Å². The van der Waals surface area contributed by atoms with Crippen molar-refractivity contribution in [2.75, 3.05) is 13.1 Å². The first-order valence-electron chi connectivity index (χ1n) is 6.62. The Balaban J connectivity index is 1.71. The lowest BCUT2D eigenvalue weighted by molar-refractivity contribution is 0.124. The van der Waals surface area contributed by atoms with Gasteiger partial charge in [0.15, 0.2) is 0 Å².